The van der Waals surface area contributed by atoms with Crippen molar-refractivity contribution >= 4 is 28.2 Å². The monoisotopic (exact) mass is 287 g/mol. The lowest BCUT2D eigenvalue weighted by molar-refractivity contribution is 0.151. The number of aryl methyl sites for hydroxylation is 1. The molecule has 0 bridgehead atoms. The summed E-state index contributed by atoms with van der Waals surface area (Å²) in [5.41, 5.74) is 0.800. The van der Waals surface area contributed by atoms with E-state index in [4.69, 9.17) is 16.7 Å². The maximum absolute atomic E-state index is 11.9. The molecule has 1 aliphatic carbocycles. The molecule has 1 saturated carbocycles. The third kappa shape index (κ3) is 2.13. The van der Waals surface area contributed by atoms with Gasteiger partial charge in [0.2, 0.25) is 5.28 Å². The van der Waals surface area contributed by atoms with Gasteiger partial charge in [-0.3, -0.25) is 4.21 Å². The van der Waals surface area contributed by atoms with E-state index in [0.29, 0.717) is 28.8 Å². The van der Waals surface area contributed by atoms with Crippen LogP contribution in [0.2, 0.25) is 5.28 Å². The first kappa shape index (κ1) is 12.3. The molecule has 1 fully saturated rings. The van der Waals surface area contributed by atoms with Crippen molar-refractivity contribution in [2.75, 3.05) is 17.7 Å². The summed E-state index contributed by atoms with van der Waals surface area (Å²) >= 11 is 5.88. The van der Waals surface area contributed by atoms with Gasteiger partial charge in [-0.15, -0.1) is 0 Å². The number of rotatable bonds is 3. The standard InChI is InChI=1S/C11H14ClN3O2S/c12-11-14-8-1-2-18(17)9(8)10(15-11)13-7-3-6(4-7)5-16/h6-7,16H,1-5H2,(H,13,14,15)/t6?,7?,18-/m0/s1. The predicted octanol–water partition coefficient (Wildman–Crippen LogP) is 0.976. The Morgan fingerprint density at radius 3 is 2.94 bits per heavy atom. The van der Waals surface area contributed by atoms with Crippen molar-refractivity contribution in [2.24, 2.45) is 5.92 Å². The summed E-state index contributed by atoms with van der Waals surface area (Å²) in [5, 5.41) is 12.5. The molecule has 0 unspecified atom stereocenters. The van der Waals surface area contributed by atoms with E-state index in [1.807, 2.05) is 0 Å². The van der Waals surface area contributed by atoms with Crippen LogP contribution in [0.4, 0.5) is 5.82 Å². The van der Waals surface area contributed by atoms with Crippen molar-refractivity contribution in [2.45, 2.75) is 30.2 Å². The first-order valence-corrected chi connectivity index (χ1v) is 7.69. The summed E-state index contributed by atoms with van der Waals surface area (Å²) in [7, 11) is -1.02. The topological polar surface area (TPSA) is 75.1 Å². The quantitative estimate of drug-likeness (QED) is 0.811. The van der Waals surface area contributed by atoms with Gasteiger partial charge < -0.3 is 10.4 Å². The molecular weight excluding hydrogens is 274 g/mol. The summed E-state index contributed by atoms with van der Waals surface area (Å²) in [6.45, 7) is 0.229. The predicted molar refractivity (Wildman–Crippen MR) is 69.2 cm³/mol. The van der Waals surface area contributed by atoms with Crippen LogP contribution in [0.15, 0.2) is 4.90 Å². The fourth-order valence-corrected chi connectivity index (χ4v) is 3.96. The molecule has 98 valence electrons. The van der Waals surface area contributed by atoms with E-state index in [0.717, 1.165) is 18.5 Å². The average Bonchev–Trinajstić information content (AvgIpc) is 2.64. The minimum atomic E-state index is -1.02. The first-order chi connectivity index (χ1) is 8.67. The van der Waals surface area contributed by atoms with Crippen LogP contribution >= 0.6 is 11.6 Å². The third-order valence-corrected chi connectivity index (χ3v) is 5.12. The molecule has 2 aliphatic rings. The summed E-state index contributed by atoms with van der Waals surface area (Å²) in [6, 6.07) is 0.287. The van der Waals surface area contributed by atoms with Gasteiger partial charge in [-0.1, -0.05) is 0 Å². The molecule has 0 amide bonds. The highest BCUT2D eigenvalue weighted by molar-refractivity contribution is 7.85. The number of aliphatic hydroxyl groups is 1. The summed E-state index contributed by atoms with van der Waals surface area (Å²) in [5.74, 6) is 1.59. The fourth-order valence-electron chi connectivity index (χ4n) is 2.46. The van der Waals surface area contributed by atoms with Crippen LogP contribution in [0.25, 0.3) is 0 Å². The van der Waals surface area contributed by atoms with Gasteiger partial charge in [-0.25, -0.2) is 4.98 Å². The molecule has 1 atom stereocenters. The van der Waals surface area contributed by atoms with Crippen LogP contribution in [0.1, 0.15) is 18.5 Å². The normalized spacial score (nSPS) is 29.8. The van der Waals surface area contributed by atoms with Crippen LogP contribution in [0.3, 0.4) is 0 Å². The van der Waals surface area contributed by atoms with Gasteiger partial charge in [0, 0.05) is 24.8 Å². The number of halogens is 1. The lowest BCUT2D eigenvalue weighted by Gasteiger charge is -2.35. The number of aliphatic hydroxyl groups excluding tert-OH is 1. The molecule has 0 saturated heterocycles. The lowest BCUT2D eigenvalue weighted by Crippen LogP contribution is -2.37. The molecule has 3 rings (SSSR count). The maximum atomic E-state index is 11.9. The maximum Gasteiger partial charge on any atom is 0.224 e. The molecule has 1 aliphatic heterocycles. The molecule has 2 heterocycles. The van der Waals surface area contributed by atoms with Crippen molar-refractivity contribution in [1.82, 2.24) is 9.97 Å². The van der Waals surface area contributed by atoms with E-state index in [1.54, 1.807) is 0 Å². The van der Waals surface area contributed by atoms with Gasteiger partial charge in [-0.05, 0) is 30.4 Å². The number of fused-ring (bicyclic) bond motifs is 1. The van der Waals surface area contributed by atoms with Gasteiger partial charge in [0.25, 0.3) is 0 Å². The molecule has 7 heteroatoms. The summed E-state index contributed by atoms with van der Waals surface area (Å²) < 4.78 is 11.9. The van der Waals surface area contributed by atoms with Crippen LogP contribution in [-0.2, 0) is 17.2 Å². The van der Waals surface area contributed by atoms with Crippen LogP contribution < -0.4 is 5.32 Å². The molecule has 5 nitrogen and oxygen atoms in total. The van der Waals surface area contributed by atoms with Crippen molar-refractivity contribution in [3.63, 3.8) is 0 Å². The Balaban J connectivity index is 1.82. The molecule has 0 aromatic carbocycles. The van der Waals surface area contributed by atoms with Crippen LogP contribution in [-0.4, -0.2) is 37.7 Å². The Morgan fingerprint density at radius 2 is 2.22 bits per heavy atom. The molecule has 1 aromatic heterocycles. The van der Waals surface area contributed by atoms with Gasteiger partial charge in [0.05, 0.1) is 16.5 Å². The largest absolute Gasteiger partial charge is 0.396 e. The SMILES string of the molecule is O=[S@]1CCc2nc(Cl)nc(NC3CC(CO)C3)c21. The lowest BCUT2D eigenvalue weighted by atomic mass is 9.81. The smallest absolute Gasteiger partial charge is 0.224 e. The van der Waals surface area contributed by atoms with E-state index in [-0.39, 0.29) is 17.9 Å². The summed E-state index contributed by atoms with van der Waals surface area (Å²) in [6.07, 6.45) is 2.53. The van der Waals surface area contributed by atoms with Gasteiger partial charge in [0.1, 0.15) is 10.7 Å². The molecular formula is C11H14ClN3O2S. The number of hydrogen-bond acceptors (Lipinski definition) is 5. The highest BCUT2D eigenvalue weighted by Gasteiger charge is 2.32. The van der Waals surface area contributed by atoms with Crippen LogP contribution in [0, 0.1) is 5.92 Å². The van der Waals surface area contributed by atoms with Crippen LogP contribution in [0.5, 0.6) is 0 Å². The highest BCUT2D eigenvalue weighted by atomic mass is 35.5. The molecule has 18 heavy (non-hydrogen) atoms. The minimum Gasteiger partial charge on any atom is -0.396 e. The summed E-state index contributed by atoms with van der Waals surface area (Å²) in [4.78, 5) is 9.00. The number of nitrogens with one attached hydrogen (secondary N) is 1. The first-order valence-electron chi connectivity index (χ1n) is 5.99. The highest BCUT2D eigenvalue weighted by Crippen LogP contribution is 2.34. The van der Waals surface area contributed by atoms with E-state index in [2.05, 4.69) is 15.3 Å². The van der Waals surface area contributed by atoms with E-state index in [9.17, 15) is 4.21 Å². The van der Waals surface area contributed by atoms with E-state index in [1.165, 1.54) is 0 Å². The number of anilines is 1. The average molecular weight is 288 g/mol. The fraction of sp³-hybridized carbons (Fsp3) is 0.636. The Hall–Kier alpha value is -0.720. The Morgan fingerprint density at radius 1 is 1.44 bits per heavy atom. The Bertz CT molecular complexity index is 505. The van der Waals surface area contributed by atoms with Gasteiger partial charge in [0.15, 0.2) is 0 Å². The van der Waals surface area contributed by atoms with Crippen molar-refractivity contribution in [1.29, 1.82) is 0 Å². The van der Waals surface area contributed by atoms with E-state index >= 15 is 0 Å². The second-order valence-corrected chi connectivity index (χ2v) is 6.62. The van der Waals surface area contributed by atoms with Gasteiger partial charge >= 0.3 is 0 Å². The number of hydrogen-bond donors (Lipinski definition) is 2. The Kier molecular flexibility index (Phi) is 3.25. The van der Waals surface area contributed by atoms with Crippen molar-refractivity contribution in [3.8, 4) is 0 Å². The van der Waals surface area contributed by atoms with Crippen molar-refractivity contribution in [3.05, 3.63) is 11.0 Å². The molecule has 0 radical (unpaired) electrons. The molecule has 0 spiro atoms. The Labute approximate surface area is 112 Å². The van der Waals surface area contributed by atoms with Gasteiger partial charge in [-0.2, -0.15) is 4.98 Å². The third-order valence-electron chi connectivity index (χ3n) is 3.50. The second-order valence-electron chi connectivity index (χ2n) is 4.78. The zero-order chi connectivity index (χ0) is 12.7. The minimum absolute atomic E-state index is 0.202. The van der Waals surface area contributed by atoms with Crippen molar-refractivity contribution < 1.29 is 9.32 Å². The second kappa shape index (κ2) is 4.75. The number of nitrogens with zero attached hydrogens (tertiary/aromatic N) is 2. The molecule has 2 N–H and O–H groups in total. The number of aromatic nitrogens is 2. The molecule has 1 aromatic rings. The zero-order valence-electron chi connectivity index (χ0n) is 9.73. The van der Waals surface area contributed by atoms with E-state index < -0.39 is 10.8 Å². The zero-order valence-corrected chi connectivity index (χ0v) is 11.3.